The van der Waals surface area contributed by atoms with E-state index in [4.69, 9.17) is 10.5 Å². The maximum Gasteiger partial charge on any atom is 0.419 e. The number of amides is 1. The summed E-state index contributed by atoms with van der Waals surface area (Å²) in [6.07, 6.45) is -2.76. The van der Waals surface area contributed by atoms with E-state index in [9.17, 15) is 18.0 Å². The Bertz CT molecular complexity index is 639. The van der Waals surface area contributed by atoms with Crippen molar-refractivity contribution >= 4 is 5.91 Å². The van der Waals surface area contributed by atoms with Crippen LogP contribution in [0.3, 0.4) is 0 Å². The molecule has 8 heteroatoms. The third-order valence-electron chi connectivity index (χ3n) is 4.87. The van der Waals surface area contributed by atoms with Gasteiger partial charge in [0, 0.05) is 25.2 Å². The quantitative estimate of drug-likeness (QED) is 0.755. The number of nitrogens with two attached hydrogens (primary N) is 1. The van der Waals surface area contributed by atoms with Crippen molar-refractivity contribution in [2.75, 3.05) is 32.8 Å². The molecule has 0 unspecified atom stereocenters. The number of nitrogens with zero attached hydrogens (tertiary/aromatic N) is 1. The molecule has 3 N–H and O–H groups in total. The predicted molar refractivity (Wildman–Crippen MR) is 97.4 cm³/mol. The Hall–Kier alpha value is -1.80. The van der Waals surface area contributed by atoms with E-state index in [-0.39, 0.29) is 24.5 Å². The van der Waals surface area contributed by atoms with Crippen molar-refractivity contribution in [3.63, 3.8) is 0 Å². The van der Waals surface area contributed by atoms with Gasteiger partial charge in [-0.3, -0.25) is 4.79 Å². The lowest BCUT2D eigenvalue weighted by Crippen LogP contribution is -2.61. The largest absolute Gasteiger partial charge is 0.494 e. The number of rotatable bonds is 7. The summed E-state index contributed by atoms with van der Waals surface area (Å²) in [6, 6.07) is 5.52. The highest BCUT2D eigenvalue weighted by Gasteiger charge is 2.60. The summed E-state index contributed by atoms with van der Waals surface area (Å²) in [5.41, 5.74) is 2.12. The summed E-state index contributed by atoms with van der Waals surface area (Å²) in [5.74, 6) is -0.761. The van der Waals surface area contributed by atoms with Gasteiger partial charge in [-0.25, -0.2) is 0 Å². The maximum atomic E-state index is 13.8. The minimum absolute atomic E-state index is 0.0418. The second-order valence-corrected chi connectivity index (χ2v) is 7.04. The van der Waals surface area contributed by atoms with Gasteiger partial charge in [0.2, 0.25) is 5.54 Å². The van der Waals surface area contributed by atoms with Gasteiger partial charge in [-0.2, -0.15) is 13.2 Å². The van der Waals surface area contributed by atoms with Crippen LogP contribution in [0.5, 0.6) is 5.75 Å². The molecule has 1 heterocycles. The minimum Gasteiger partial charge on any atom is -0.494 e. The maximum absolute atomic E-state index is 13.8. The van der Waals surface area contributed by atoms with Gasteiger partial charge in [-0.15, -0.1) is 0 Å². The Morgan fingerprint density at radius 3 is 2.70 bits per heavy atom. The van der Waals surface area contributed by atoms with Crippen LogP contribution < -0.4 is 15.8 Å². The molecule has 5 nitrogen and oxygen atoms in total. The number of nitrogens with one attached hydrogen (secondary N) is 1. The number of para-hydroxylation sites is 1. The van der Waals surface area contributed by atoms with Gasteiger partial charge in [-0.05, 0) is 38.3 Å². The van der Waals surface area contributed by atoms with E-state index in [1.807, 2.05) is 0 Å². The molecule has 1 amide bonds. The number of carbonyl (C=O) groups excluding carboxylic acids is 1. The van der Waals surface area contributed by atoms with Crippen LogP contribution in [0.25, 0.3) is 0 Å². The van der Waals surface area contributed by atoms with E-state index in [1.54, 1.807) is 13.0 Å². The van der Waals surface area contributed by atoms with Gasteiger partial charge in [0.15, 0.2) is 0 Å². The number of carbonyl (C=O) groups is 1. The first-order valence-corrected chi connectivity index (χ1v) is 9.28. The lowest BCUT2D eigenvalue weighted by atomic mass is 9.88. The highest BCUT2D eigenvalue weighted by molar-refractivity contribution is 5.89. The zero-order valence-corrected chi connectivity index (χ0v) is 15.8. The van der Waals surface area contributed by atoms with Crippen molar-refractivity contribution in [2.45, 2.75) is 38.4 Å². The molecule has 1 aliphatic rings. The second-order valence-electron chi connectivity index (χ2n) is 7.04. The number of hydrogen-bond acceptors (Lipinski definition) is 4. The molecule has 2 atom stereocenters. The van der Waals surface area contributed by atoms with Crippen LogP contribution in [-0.2, 0) is 10.3 Å². The molecule has 0 spiro atoms. The summed E-state index contributed by atoms with van der Waals surface area (Å²) < 4.78 is 46.8. The summed E-state index contributed by atoms with van der Waals surface area (Å²) in [6.45, 7) is 6.34. The fourth-order valence-corrected chi connectivity index (χ4v) is 3.43. The molecule has 1 aliphatic heterocycles. The van der Waals surface area contributed by atoms with Crippen LogP contribution in [-0.4, -0.2) is 49.8 Å². The fraction of sp³-hybridized carbons (Fsp3) is 0.632. The minimum atomic E-state index is -4.97. The van der Waals surface area contributed by atoms with Gasteiger partial charge in [0.1, 0.15) is 5.75 Å². The lowest BCUT2D eigenvalue weighted by molar-refractivity contribution is -0.194. The highest BCUT2D eigenvalue weighted by atomic mass is 19.4. The average Bonchev–Trinajstić information content (AvgIpc) is 2.61. The van der Waals surface area contributed by atoms with Crippen molar-refractivity contribution in [1.82, 2.24) is 10.2 Å². The van der Waals surface area contributed by atoms with E-state index in [0.29, 0.717) is 12.5 Å². The van der Waals surface area contributed by atoms with E-state index < -0.39 is 17.6 Å². The van der Waals surface area contributed by atoms with Crippen molar-refractivity contribution in [1.29, 1.82) is 0 Å². The summed E-state index contributed by atoms with van der Waals surface area (Å²) in [4.78, 5) is 14.7. The topological polar surface area (TPSA) is 67.6 Å². The van der Waals surface area contributed by atoms with Gasteiger partial charge in [0.05, 0.1) is 6.61 Å². The first-order valence-electron chi connectivity index (χ1n) is 9.28. The van der Waals surface area contributed by atoms with Gasteiger partial charge >= 0.3 is 6.18 Å². The van der Waals surface area contributed by atoms with E-state index >= 15 is 0 Å². The van der Waals surface area contributed by atoms with Gasteiger partial charge < -0.3 is 20.7 Å². The number of piperidine rings is 1. The standard InChI is InChI=1S/C19H28F3N3O2/c1-3-27-16-9-5-4-8-15(16)18(23,19(20,21)22)17(26)24-10-12-25-11-6-7-14(2)13-25/h4-5,8-9,14H,3,6-7,10-13,23H2,1-2H3,(H,24,26)/t14-,18+/m1/s1. The number of halogens is 3. The Kier molecular flexibility index (Phi) is 7.11. The molecule has 0 radical (unpaired) electrons. The Morgan fingerprint density at radius 2 is 2.07 bits per heavy atom. The molecule has 152 valence electrons. The van der Waals surface area contributed by atoms with Crippen LogP contribution in [0, 0.1) is 5.92 Å². The summed E-state index contributed by atoms with van der Waals surface area (Å²) >= 11 is 0. The van der Waals surface area contributed by atoms with Crippen LogP contribution in [0.15, 0.2) is 24.3 Å². The molecule has 0 saturated carbocycles. The van der Waals surface area contributed by atoms with Crippen molar-refractivity contribution < 1.29 is 22.7 Å². The molecule has 1 aromatic carbocycles. The molecule has 0 bridgehead atoms. The number of alkyl halides is 3. The molecular formula is C19H28F3N3O2. The molecule has 0 aliphatic carbocycles. The first kappa shape index (κ1) is 21.5. The van der Waals surface area contributed by atoms with Crippen LogP contribution in [0.4, 0.5) is 13.2 Å². The molecule has 0 aromatic heterocycles. The van der Waals surface area contributed by atoms with E-state index in [2.05, 4.69) is 17.1 Å². The number of hydrogen-bond donors (Lipinski definition) is 2. The number of ether oxygens (including phenoxy) is 1. The van der Waals surface area contributed by atoms with Crippen molar-refractivity contribution in [3.05, 3.63) is 29.8 Å². The fourth-order valence-electron chi connectivity index (χ4n) is 3.43. The Morgan fingerprint density at radius 1 is 1.37 bits per heavy atom. The Balaban J connectivity index is 2.14. The second kappa shape index (κ2) is 8.93. The summed E-state index contributed by atoms with van der Waals surface area (Å²) in [7, 11) is 0. The third kappa shape index (κ3) is 4.93. The first-order chi connectivity index (χ1) is 12.7. The van der Waals surface area contributed by atoms with E-state index in [1.165, 1.54) is 18.2 Å². The normalized spacial score (nSPS) is 20.7. The molecule has 1 fully saturated rings. The average molecular weight is 387 g/mol. The van der Waals surface area contributed by atoms with Crippen LogP contribution in [0.1, 0.15) is 32.3 Å². The predicted octanol–water partition coefficient (Wildman–Crippen LogP) is 2.65. The molecule has 1 aromatic rings. The molecule has 2 rings (SSSR count). The van der Waals surface area contributed by atoms with Gasteiger partial charge in [0.25, 0.3) is 5.91 Å². The van der Waals surface area contributed by atoms with Crippen LogP contribution in [0.2, 0.25) is 0 Å². The van der Waals surface area contributed by atoms with Gasteiger partial charge in [-0.1, -0.05) is 25.1 Å². The highest BCUT2D eigenvalue weighted by Crippen LogP contribution is 2.41. The summed E-state index contributed by atoms with van der Waals surface area (Å²) in [5, 5.41) is 2.38. The smallest absolute Gasteiger partial charge is 0.419 e. The molecular weight excluding hydrogens is 359 g/mol. The monoisotopic (exact) mass is 387 g/mol. The van der Waals surface area contributed by atoms with Crippen molar-refractivity contribution in [3.8, 4) is 5.75 Å². The molecule has 27 heavy (non-hydrogen) atoms. The van der Waals surface area contributed by atoms with Crippen molar-refractivity contribution in [2.24, 2.45) is 11.7 Å². The zero-order chi connectivity index (χ0) is 20.1. The molecule has 1 saturated heterocycles. The zero-order valence-electron chi connectivity index (χ0n) is 15.8. The Labute approximate surface area is 158 Å². The third-order valence-corrected chi connectivity index (χ3v) is 4.87. The lowest BCUT2D eigenvalue weighted by Gasteiger charge is -2.33. The SMILES string of the molecule is CCOc1ccccc1[C@](N)(C(=O)NCCN1CCC[C@@H](C)C1)C(F)(F)F. The van der Waals surface area contributed by atoms with E-state index in [0.717, 1.165) is 25.9 Å². The number of likely N-dealkylation sites (tertiary alicyclic amines) is 1. The van der Waals surface area contributed by atoms with Crippen LogP contribution >= 0.6 is 0 Å². The number of benzene rings is 1.